The van der Waals surface area contributed by atoms with Crippen LogP contribution in [0.3, 0.4) is 0 Å². The van der Waals surface area contributed by atoms with Crippen LogP contribution in [0, 0.1) is 6.92 Å². The minimum absolute atomic E-state index is 0.513. The molecule has 1 saturated heterocycles. The lowest BCUT2D eigenvalue weighted by Gasteiger charge is -2.27. The minimum Gasteiger partial charge on any atom is -0.461 e. The lowest BCUT2D eigenvalue weighted by Crippen LogP contribution is -2.35. The SMILES string of the molecule is Cc1oc2ccccc2c1[C@H]1CCN1. The molecule has 1 N–H and O–H groups in total. The molecule has 0 saturated carbocycles. The number of rotatable bonds is 1. The van der Waals surface area contributed by atoms with Crippen LogP contribution in [0.5, 0.6) is 0 Å². The molecule has 3 rings (SSSR count). The summed E-state index contributed by atoms with van der Waals surface area (Å²) in [7, 11) is 0. The highest BCUT2D eigenvalue weighted by atomic mass is 16.3. The van der Waals surface area contributed by atoms with Gasteiger partial charge in [-0.05, 0) is 26.0 Å². The van der Waals surface area contributed by atoms with Gasteiger partial charge in [-0.25, -0.2) is 0 Å². The molecule has 1 aromatic carbocycles. The van der Waals surface area contributed by atoms with Crippen molar-refractivity contribution < 1.29 is 4.42 Å². The van der Waals surface area contributed by atoms with Gasteiger partial charge in [0, 0.05) is 17.0 Å². The second-order valence-corrected chi connectivity index (χ2v) is 3.86. The maximum atomic E-state index is 5.72. The second kappa shape index (κ2) is 2.85. The van der Waals surface area contributed by atoms with Crippen molar-refractivity contribution in [3.8, 4) is 0 Å². The van der Waals surface area contributed by atoms with Crippen LogP contribution in [-0.2, 0) is 0 Å². The lowest BCUT2D eigenvalue weighted by atomic mass is 9.95. The number of hydrogen-bond donors (Lipinski definition) is 1. The van der Waals surface area contributed by atoms with E-state index in [1.165, 1.54) is 17.4 Å². The van der Waals surface area contributed by atoms with E-state index in [1.807, 2.05) is 12.1 Å². The molecule has 1 aromatic heterocycles. The predicted molar refractivity (Wildman–Crippen MR) is 56.3 cm³/mol. The average Bonchev–Trinajstić information content (AvgIpc) is 2.41. The molecule has 1 fully saturated rings. The Bertz CT molecular complexity index is 468. The van der Waals surface area contributed by atoms with Crippen molar-refractivity contribution in [1.29, 1.82) is 0 Å². The first-order valence-electron chi connectivity index (χ1n) is 5.07. The standard InChI is InChI=1S/C12H13NO/c1-8-12(10-6-7-13-10)9-4-2-3-5-11(9)14-8/h2-5,10,13H,6-7H2,1H3/t10-/m1/s1. The molecule has 0 radical (unpaired) electrons. The first-order chi connectivity index (χ1) is 6.86. The van der Waals surface area contributed by atoms with Gasteiger partial charge in [-0.15, -0.1) is 0 Å². The van der Waals surface area contributed by atoms with Crippen LogP contribution in [-0.4, -0.2) is 6.54 Å². The summed E-state index contributed by atoms with van der Waals surface area (Å²) in [5.41, 5.74) is 2.36. The van der Waals surface area contributed by atoms with E-state index < -0.39 is 0 Å². The van der Waals surface area contributed by atoms with Crippen molar-refractivity contribution in [3.05, 3.63) is 35.6 Å². The molecule has 0 amide bonds. The molecule has 0 unspecified atom stereocenters. The Labute approximate surface area is 82.9 Å². The van der Waals surface area contributed by atoms with Crippen LogP contribution < -0.4 is 5.32 Å². The van der Waals surface area contributed by atoms with Gasteiger partial charge in [-0.2, -0.15) is 0 Å². The van der Waals surface area contributed by atoms with Crippen molar-refractivity contribution in [1.82, 2.24) is 5.32 Å². The number of para-hydroxylation sites is 1. The summed E-state index contributed by atoms with van der Waals surface area (Å²) in [4.78, 5) is 0. The molecule has 72 valence electrons. The van der Waals surface area contributed by atoms with E-state index >= 15 is 0 Å². The number of fused-ring (bicyclic) bond motifs is 1. The molecule has 1 aliphatic rings. The van der Waals surface area contributed by atoms with Crippen molar-refractivity contribution >= 4 is 11.0 Å². The van der Waals surface area contributed by atoms with Gasteiger partial charge in [0.05, 0.1) is 0 Å². The van der Waals surface area contributed by atoms with Crippen LogP contribution in [0.15, 0.2) is 28.7 Å². The molecule has 1 aliphatic heterocycles. The second-order valence-electron chi connectivity index (χ2n) is 3.86. The van der Waals surface area contributed by atoms with Crippen LogP contribution in [0.1, 0.15) is 23.8 Å². The summed E-state index contributed by atoms with van der Waals surface area (Å²) in [5.74, 6) is 1.06. The topological polar surface area (TPSA) is 25.2 Å². The summed E-state index contributed by atoms with van der Waals surface area (Å²) in [6.45, 7) is 3.18. The quantitative estimate of drug-likeness (QED) is 0.742. The molecular formula is C12H13NO. The van der Waals surface area contributed by atoms with E-state index in [4.69, 9.17) is 4.42 Å². The van der Waals surface area contributed by atoms with Gasteiger partial charge >= 0.3 is 0 Å². The summed E-state index contributed by atoms with van der Waals surface area (Å²) in [6, 6.07) is 8.77. The third kappa shape index (κ3) is 1.01. The fraction of sp³-hybridized carbons (Fsp3) is 0.333. The molecule has 1 atom stereocenters. The number of hydrogen-bond acceptors (Lipinski definition) is 2. The molecular weight excluding hydrogens is 174 g/mol. The Morgan fingerprint density at radius 2 is 2.14 bits per heavy atom. The fourth-order valence-corrected chi connectivity index (χ4v) is 2.16. The van der Waals surface area contributed by atoms with E-state index in [9.17, 15) is 0 Å². The number of furan rings is 1. The van der Waals surface area contributed by atoms with Crippen LogP contribution >= 0.6 is 0 Å². The van der Waals surface area contributed by atoms with Crippen molar-refractivity contribution in [3.63, 3.8) is 0 Å². The zero-order valence-corrected chi connectivity index (χ0v) is 8.21. The highest BCUT2D eigenvalue weighted by Crippen LogP contribution is 2.34. The molecule has 14 heavy (non-hydrogen) atoms. The highest BCUT2D eigenvalue weighted by molar-refractivity contribution is 5.82. The van der Waals surface area contributed by atoms with Gasteiger partial charge in [0.2, 0.25) is 0 Å². The van der Waals surface area contributed by atoms with Gasteiger partial charge in [-0.3, -0.25) is 0 Å². The Kier molecular flexibility index (Phi) is 1.64. The first kappa shape index (κ1) is 8.06. The first-order valence-corrected chi connectivity index (χ1v) is 5.07. The molecule has 2 aromatic rings. The third-order valence-electron chi connectivity index (χ3n) is 2.99. The van der Waals surface area contributed by atoms with Gasteiger partial charge < -0.3 is 9.73 Å². The monoisotopic (exact) mass is 187 g/mol. The zero-order valence-electron chi connectivity index (χ0n) is 8.21. The number of aryl methyl sites for hydroxylation is 1. The minimum atomic E-state index is 0.513. The summed E-state index contributed by atoms with van der Waals surface area (Å²) >= 11 is 0. The number of benzene rings is 1. The van der Waals surface area contributed by atoms with E-state index in [0.29, 0.717) is 6.04 Å². The largest absolute Gasteiger partial charge is 0.461 e. The van der Waals surface area contributed by atoms with E-state index in [2.05, 4.69) is 24.4 Å². The Balaban J connectivity index is 2.24. The van der Waals surface area contributed by atoms with Gasteiger partial charge in [-0.1, -0.05) is 18.2 Å². The Morgan fingerprint density at radius 1 is 1.36 bits per heavy atom. The lowest BCUT2D eigenvalue weighted by molar-refractivity contribution is 0.378. The van der Waals surface area contributed by atoms with Crippen LogP contribution in [0.4, 0.5) is 0 Å². The normalized spacial score (nSPS) is 21.1. The molecule has 0 bridgehead atoms. The average molecular weight is 187 g/mol. The van der Waals surface area contributed by atoms with Crippen LogP contribution in [0.2, 0.25) is 0 Å². The highest BCUT2D eigenvalue weighted by Gasteiger charge is 2.24. The zero-order chi connectivity index (χ0) is 9.54. The molecule has 2 heterocycles. The molecule has 0 spiro atoms. The maximum absolute atomic E-state index is 5.72. The molecule has 2 nitrogen and oxygen atoms in total. The van der Waals surface area contributed by atoms with Crippen molar-refractivity contribution in [2.24, 2.45) is 0 Å². The van der Waals surface area contributed by atoms with E-state index in [-0.39, 0.29) is 0 Å². The van der Waals surface area contributed by atoms with E-state index in [0.717, 1.165) is 17.9 Å². The van der Waals surface area contributed by atoms with E-state index in [1.54, 1.807) is 0 Å². The van der Waals surface area contributed by atoms with Crippen LogP contribution in [0.25, 0.3) is 11.0 Å². The smallest absolute Gasteiger partial charge is 0.134 e. The van der Waals surface area contributed by atoms with Gasteiger partial charge in [0.1, 0.15) is 11.3 Å². The molecule has 2 heteroatoms. The summed E-state index contributed by atoms with van der Waals surface area (Å²) in [5, 5.41) is 4.69. The Morgan fingerprint density at radius 3 is 2.86 bits per heavy atom. The third-order valence-corrected chi connectivity index (χ3v) is 2.99. The van der Waals surface area contributed by atoms with Gasteiger partial charge in [0.15, 0.2) is 0 Å². The molecule has 0 aliphatic carbocycles. The predicted octanol–water partition coefficient (Wildman–Crippen LogP) is 2.78. The Hall–Kier alpha value is -1.28. The van der Waals surface area contributed by atoms with Crippen molar-refractivity contribution in [2.75, 3.05) is 6.54 Å². The van der Waals surface area contributed by atoms with Crippen molar-refractivity contribution in [2.45, 2.75) is 19.4 Å². The van der Waals surface area contributed by atoms with Gasteiger partial charge in [0.25, 0.3) is 0 Å². The summed E-state index contributed by atoms with van der Waals surface area (Å²) in [6.07, 6.45) is 1.23. The maximum Gasteiger partial charge on any atom is 0.134 e. The fourth-order valence-electron chi connectivity index (χ4n) is 2.16. The summed E-state index contributed by atoms with van der Waals surface area (Å²) < 4.78 is 5.72. The number of nitrogens with one attached hydrogen (secondary N) is 1.